The molecule has 0 saturated heterocycles. The summed E-state index contributed by atoms with van der Waals surface area (Å²) in [6.45, 7) is 6.39. The summed E-state index contributed by atoms with van der Waals surface area (Å²) in [6.07, 6.45) is 61.3. The molecule has 60 heavy (non-hydrogen) atoms. The minimum atomic E-state index is -0.804. The van der Waals surface area contributed by atoms with Crippen molar-refractivity contribution in [3.05, 3.63) is 85.1 Å². The molecule has 0 rings (SSSR count). The zero-order chi connectivity index (χ0) is 43.7. The Kier molecular flexibility index (Phi) is 45.5. The quantitative estimate of drug-likeness (QED) is 0.0200. The highest BCUT2D eigenvalue weighted by molar-refractivity contribution is 5.71. The Balaban J connectivity index is 4.49. The van der Waals surface area contributed by atoms with Crippen LogP contribution >= 0.6 is 0 Å². The Bertz CT molecular complexity index is 1190. The number of allylic oxidation sites excluding steroid dienone is 14. The van der Waals surface area contributed by atoms with Crippen LogP contribution in [0.1, 0.15) is 220 Å². The van der Waals surface area contributed by atoms with Crippen molar-refractivity contribution < 1.29 is 28.6 Å². The Labute approximate surface area is 369 Å². The third kappa shape index (κ3) is 45.7. The Morgan fingerprint density at radius 3 is 1.13 bits per heavy atom. The molecule has 1 unspecified atom stereocenters. The first-order chi connectivity index (χ1) is 29.5. The molecule has 6 nitrogen and oxygen atoms in total. The minimum Gasteiger partial charge on any atom is -0.462 e. The minimum absolute atomic E-state index is 0.102. The molecule has 0 aliphatic carbocycles. The lowest BCUT2D eigenvalue weighted by Gasteiger charge is -2.18. The van der Waals surface area contributed by atoms with Crippen LogP contribution in [0.25, 0.3) is 0 Å². The molecular weight excluding hydrogens is 745 g/mol. The summed E-state index contributed by atoms with van der Waals surface area (Å²) >= 11 is 0. The number of esters is 3. The highest BCUT2D eigenvalue weighted by atomic mass is 16.6. The molecule has 0 aliphatic heterocycles. The largest absolute Gasteiger partial charge is 0.462 e. The standard InChI is InChI=1S/C54H90O6/c1-4-7-10-13-16-19-22-25-27-30-32-35-38-41-44-47-53(56)59-50-51(49-58-52(55)46-43-40-37-34-31-28-24-21-18-15-12-9-6-3)60-54(57)48-45-42-39-36-33-29-26-23-20-17-14-11-8-5-2/h9,12,15-16,18-19,21-22,24-25,28-29,31,33,51H,4-8,10-11,13-14,17,20,23,26-27,30,32,34-50H2,1-3H3/b12-9-,18-15-,19-16-,24-21-,25-22-,31-28-,33-29-. The van der Waals surface area contributed by atoms with Gasteiger partial charge >= 0.3 is 17.9 Å². The van der Waals surface area contributed by atoms with Gasteiger partial charge in [0.2, 0.25) is 0 Å². The second-order valence-electron chi connectivity index (χ2n) is 16.1. The number of hydrogen-bond acceptors (Lipinski definition) is 6. The highest BCUT2D eigenvalue weighted by Crippen LogP contribution is 2.13. The summed E-state index contributed by atoms with van der Waals surface area (Å²) in [5.74, 6) is -0.973. The Hall–Kier alpha value is -3.41. The van der Waals surface area contributed by atoms with Gasteiger partial charge in [0.1, 0.15) is 13.2 Å². The smallest absolute Gasteiger partial charge is 0.306 e. The van der Waals surface area contributed by atoms with Crippen molar-refractivity contribution in [3.63, 3.8) is 0 Å². The van der Waals surface area contributed by atoms with Gasteiger partial charge in [-0.3, -0.25) is 14.4 Å². The van der Waals surface area contributed by atoms with Crippen molar-refractivity contribution in [2.75, 3.05) is 13.2 Å². The van der Waals surface area contributed by atoms with Crippen LogP contribution in [-0.4, -0.2) is 37.2 Å². The molecule has 0 N–H and O–H groups in total. The van der Waals surface area contributed by atoms with Gasteiger partial charge in [-0.2, -0.15) is 0 Å². The average Bonchev–Trinajstić information content (AvgIpc) is 3.24. The first-order valence-electron chi connectivity index (χ1n) is 24.7. The zero-order valence-corrected chi connectivity index (χ0v) is 38.9. The fraction of sp³-hybridized carbons (Fsp3) is 0.685. The fourth-order valence-corrected chi connectivity index (χ4v) is 6.50. The molecule has 0 amide bonds. The number of carbonyl (C=O) groups excluding carboxylic acids is 3. The second kappa shape index (κ2) is 48.3. The normalized spacial score (nSPS) is 12.8. The van der Waals surface area contributed by atoms with Crippen molar-refractivity contribution in [2.45, 2.75) is 226 Å². The Morgan fingerprint density at radius 1 is 0.350 bits per heavy atom. The first-order valence-corrected chi connectivity index (χ1v) is 24.7. The van der Waals surface area contributed by atoms with Crippen molar-refractivity contribution in [1.82, 2.24) is 0 Å². The summed E-state index contributed by atoms with van der Waals surface area (Å²) in [4.78, 5) is 37.9. The van der Waals surface area contributed by atoms with Gasteiger partial charge in [-0.1, -0.05) is 196 Å². The molecule has 0 heterocycles. The summed E-state index contributed by atoms with van der Waals surface area (Å²) in [5, 5.41) is 0. The maximum atomic E-state index is 12.8. The van der Waals surface area contributed by atoms with E-state index in [0.717, 1.165) is 89.9 Å². The number of unbranched alkanes of at least 4 members (excludes halogenated alkanes) is 22. The van der Waals surface area contributed by atoms with Crippen LogP contribution in [0.15, 0.2) is 85.1 Å². The van der Waals surface area contributed by atoms with Gasteiger partial charge < -0.3 is 14.2 Å². The predicted molar refractivity (Wildman–Crippen MR) is 256 cm³/mol. The lowest BCUT2D eigenvalue weighted by Crippen LogP contribution is -2.30. The molecule has 0 aromatic rings. The number of hydrogen-bond donors (Lipinski definition) is 0. The van der Waals surface area contributed by atoms with Gasteiger partial charge in [-0.15, -0.1) is 0 Å². The van der Waals surface area contributed by atoms with Crippen molar-refractivity contribution in [3.8, 4) is 0 Å². The number of ether oxygens (including phenoxy) is 3. The molecular formula is C54H90O6. The number of rotatable bonds is 43. The average molecular weight is 835 g/mol. The van der Waals surface area contributed by atoms with E-state index in [1.807, 2.05) is 36.5 Å². The fourth-order valence-electron chi connectivity index (χ4n) is 6.50. The van der Waals surface area contributed by atoms with Gasteiger partial charge in [0.05, 0.1) is 0 Å². The van der Waals surface area contributed by atoms with Crippen LogP contribution in [0.3, 0.4) is 0 Å². The maximum Gasteiger partial charge on any atom is 0.306 e. The van der Waals surface area contributed by atoms with E-state index in [1.54, 1.807) is 0 Å². The molecule has 6 heteroatoms. The van der Waals surface area contributed by atoms with E-state index in [1.165, 1.54) is 89.9 Å². The molecule has 0 radical (unpaired) electrons. The summed E-state index contributed by atoms with van der Waals surface area (Å²) < 4.78 is 16.7. The monoisotopic (exact) mass is 835 g/mol. The van der Waals surface area contributed by atoms with Gasteiger partial charge in [-0.25, -0.2) is 0 Å². The highest BCUT2D eigenvalue weighted by Gasteiger charge is 2.19. The number of carbonyl (C=O) groups is 3. The van der Waals surface area contributed by atoms with Gasteiger partial charge in [0.15, 0.2) is 6.10 Å². The van der Waals surface area contributed by atoms with Crippen LogP contribution in [0.4, 0.5) is 0 Å². The van der Waals surface area contributed by atoms with Crippen molar-refractivity contribution in [1.29, 1.82) is 0 Å². The SMILES string of the molecule is CC\C=C/C=C\C=C/C=C\CCCCCC(=O)OCC(COC(=O)CCCCCCCC/C=C\C=C/CCCCC)OC(=O)CCCCC/C=C\CCCCCCCCC. The van der Waals surface area contributed by atoms with Crippen molar-refractivity contribution >= 4 is 17.9 Å². The zero-order valence-electron chi connectivity index (χ0n) is 38.9. The van der Waals surface area contributed by atoms with E-state index in [-0.39, 0.29) is 31.1 Å². The summed E-state index contributed by atoms with van der Waals surface area (Å²) in [6, 6.07) is 0. The molecule has 0 fully saturated rings. The van der Waals surface area contributed by atoms with E-state index in [9.17, 15) is 14.4 Å². The molecule has 342 valence electrons. The molecule has 0 aromatic heterocycles. The molecule has 0 bridgehead atoms. The topological polar surface area (TPSA) is 78.9 Å². The molecule has 0 spiro atoms. The predicted octanol–water partition coefficient (Wildman–Crippen LogP) is 16.0. The first kappa shape index (κ1) is 56.6. The summed E-state index contributed by atoms with van der Waals surface area (Å²) in [7, 11) is 0. The maximum absolute atomic E-state index is 12.8. The molecule has 1 atom stereocenters. The van der Waals surface area contributed by atoms with E-state index >= 15 is 0 Å². The van der Waals surface area contributed by atoms with Crippen molar-refractivity contribution in [2.24, 2.45) is 0 Å². The summed E-state index contributed by atoms with van der Waals surface area (Å²) in [5.41, 5.74) is 0. The Morgan fingerprint density at radius 2 is 0.667 bits per heavy atom. The van der Waals surface area contributed by atoms with Crippen LogP contribution in [0, 0.1) is 0 Å². The van der Waals surface area contributed by atoms with E-state index < -0.39 is 6.10 Å². The van der Waals surface area contributed by atoms with E-state index in [0.29, 0.717) is 19.3 Å². The third-order valence-electron chi connectivity index (χ3n) is 10.2. The van der Waals surface area contributed by atoms with E-state index in [4.69, 9.17) is 14.2 Å². The van der Waals surface area contributed by atoms with Gasteiger partial charge in [-0.05, 0) is 89.9 Å². The van der Waals surface area contributed by atoms with Crippen LogP contribution in [0.5, 0.6) is 0 Å². The second-order valence-corrected chi connectivity index (χ2v) is 16.1. The van der Waals surface area contributed by atoms with Crippen LogP contribution in [-0.2, 0) is 28.6 Å². The third-order valence-corrected chi connectivity index (χ3v) is 10.2. The molecule has 0 aromatic carbocycles. The van der Waals surface area contributed by atoms with Crippen LogP contribution in [0.2, 0.25) is 0 Å². The lowest BCUT2D eigenvalue weighted by molar-refractivity contribution is -0.167. The van der Waals surface area contributed by atoms with Gasteiger partial charge in [0.25, 0.3) is 0 Å². The molecule has 0 aliphatic rings. The lowest BCUT2D eigenvalue weighted by atomic mass is 10.1. The van der Waals surface area contributed by atoms with E-state index in [2.05, 4.69) is 69.4 Å². The van der Waals surface area contributed by atoms with Gasteiger partial charge in [0, 0.05) is 19.3 Å². The van der Waals surface area contributed by atoms with Crippen LogP contribution < -0.4 is 0 Å². The molecule has 0 saturated carbocycles.